The lowest BCUT2D eigenvalue weighted by molar-refractivity contribution is -0.146. The minimum absolute atomic E-state index is 0.0101. The number of likely N-dealkylation sites (N-methyl/N-ethyl adjacent to an activating group) is 1. The minimum Gasteiger partial charge on any atom is -0.480 e. The molecule has 0 saturated carbocycles. The average molecular weight is 1010 g/mol. The van der Waals surface area contributed by atoms with Gasteiger partial charge in [0.05, 0.1) is 24.0 Å². The summed E-state index contributed by atoms with van der Waals surface area (Å²) >= 11 is 0. The zero-order valence-electron chi connectivity index (χ0n) is 42.9. The molecule has 0 spiro atoms. The monoisotopic (exact) mass is 1010 g/mol. The molecule has 10 atom stereocenters. The van der Waals surface area contributed by atoms with Crippen molar-refractivity contribution >= 4 is 59.2 Å². The van der Waals surface area contributed by atoms with Gasteiger partial charge in [0.15, 0.2) is 5.96 Å². The van der Waals surface area contributed by atoms with Crippen LogP contribution in [0.3, 0.4) is 0 Å². The molecule has 1 aromatic rings. The van der Waals surface area contributed by atoms with Crippen LogP contribution >= 0.6 is 0 Å². The molecule has 22 heteroatoms. The van der Waals surface area contributed by atoms with Crippen molar-refractivity contribution in [3.05, 3.63) is 72.0 Å². The second kappa shape index (κ2) is 29.9. The van der Waals surface area contributed by atoms with Gasteiger partial charge in [-0.2, -0.15) is 0 Å². The van der Waals surface area contributed by atoms with Crippen LogP contribution in [0.4, 0.5) is 0 Å². The molecule has 0 radical (unpaired) electrons. The van der Waals surface area contributed by atoms with Crippen molar-refractivity contribution in [2.45, 2.75) is 136 Å². The van der Waals surface area contributed by atoms with Gasteiger partial charge >= 0.3 is 11.9 Å². The molecule has 0 aromatic heterocycles. The number of nitrogens with one attached hydrogen (secondary N) is 6. The van der Waals surface area contributed by atoms with Crippen LogP contribution in [0.5, 0.6) is 0 Å². The average Bonchev–Trinajstić information content (AvgIpc) is 3.32. The second-order valence-corrected chi connectivity index (χ2v) is 18.6. The number of carbonyl (C=O) groups excluding carboxylic acids is 7. The number of nitrogens with two attached hydrogens (primary N) is 2. The van der Waals surface area contributed by atoms with Gasteiger partial charge in [-0.1, -0.05) is 95.3 Å². The predicted molar refractivity (Wildman–Crippen MR) is 269 cm³/mol. The molecule has 1 aromatic carbocycles. The van der Waals surface area contributed by atoms with Crippen LogP contribution < -0.4 is 43.4 Å². The largest absolute Gasteiger partial charge is 0.480 e. The van der Waals surface area contributed by atoms with E-state index in [9.17, 15) is 53.4 Å². The van der Waals surface area contributed by atoms with Crippen molar-refractivity contribution in [2.24, 2.45) is 40.1 Å². The highest BCUT2D eigenvalue weighted by atomic mass is 16.5. The first kappa shape index (κ1) is 61.0. The molecule has 72 heavy (non-hydrogen) atoms. The maximum Gasteiger partial charge on any atom is 0.327 e. The van der Waals surface area contributed by atoms with Crippen LogP contribution in [0.1, 0.15) is 92.6 Å². The molecule has 2 rings (SSSR count). The Labute approximate surface area is 421 Å². The van der Waals surface area contributed by atoms with E-state index in [-0.39, 0.29) is 49.7 Å². The number of rotatable bonds is 16. The first-order chi connectivity index (χ1) is 33.8. The quantitative estimate of drug-likeness (QED) is 0.0364. The van der Waals surface area contributed by atoms with Crippen LogP contribution in [-0.4, -0.2) is 137 Å². The van der Waals surface area contributed by atoms with E-state index in [1.807, 2.05) is 43.3 Å². The summed E-state index contributed by atoms with van der Waals surface area (Å²) in [5.41, 5.74) is 12.3. The molecule has 398 valence electrons. The van der Waals surface area contributed by atoms with Crippen molar-refractivity contribution in [3.8, 4) is 0 Å². The number of carbonyl (C=O) groups is 9. The lowest BCUT2D eigenvalue weighted by Crippen LogP contribution is -2.59. The maximum atomic E-state index is 14.4. The third-order valence-corrected chi connectivity index (χ3v) is 12.2. The number of amides is 7. The lowest BCUT2D eigenvalue weighted by Gasteiger charge is -2.28. The van der Waals surface area contributed by atoms with E-state index in [0.717, 1.165) is 10.5 Å². The first-order valence-corrected chi connectivity index (χ1v) is 24.0. The number of aliphatic imine (C=N–C) groups is 1. The van der Waals surface area contributed by atoms with Gasteiger partial charge in [-0.3, -0.25) is 38.6 Å². The Balaban J connectivity index is 2.73. The molecule has 12 N–H and O–H groups in total. The first-order valence-electron chi connectivity index (χ1n) is 24.0. The zero-order valence-corrected chi connectivity index (χ0v) is 42.9. The topological polar surface area (TPSA) is 343 Å². The summed E-state index contributed by atoms with van der Waals surface area (Å²) in [5, 5.41) is 35.6. The molecule has 1 saturated heterocycles. The minimum atomic E-state index is -1.87. The van der Waals surface area contributed by atoms with E-state index in [0.29, 0.717) is 18.4 Å². The number of carboxylic acid groups (broad SMARTS) is 2. The molecule has 1 aliphatic rings. The van der Waals surface area contributed by atoms with Crippen molar-refractivity contribution < 1.29 is 58.1 Å². The van der Waals surface area contributed by atoms with Gasteiger partial charge in [0.1, 0.15) is 35.9 Å². The summed E-state index contributed by atoms with van der Waals surface area (Å²) in [6.07, 6.45) is 5.25. The number of nitrogens with zero attached hydrogens (tertiary/aromatic N) is 2. The highest BCUT2D eigenvalue weighted by Gasteiger charge is 2.37. The number of carboxylic acids is 2. The molecule has 1 fully saturated rings. The number of ether oxygens (including phenoxy) is 1. The third-order valence-electron chi connectivity index (χ3n) is 12.2. The van der Waals surface area contributed by atoms with E-state index >= 15 is 0 Å². The Morgan fingerprint density at radius 2 is 1.44 bits per heavy atom. The number of benzene rings is 1. The van der Waals surface area contributed by atoms with Gasteiger partial charge in [0.2, 0.25) is 35.4 Å². The van der Waals surface area contributed by atoms with Gasteiger partial charge in [0.25, 0.3) is 5.91 Å². The summed E-state index contributed by atoms with van der Waals surface area (Å²) in [6.45, 7) is 15.1. The van der Waals surface area contributed by atoms with Gasteiger partial charge in [0, 0.05) is 33.0 Å². The number of unbranched alkanes of at least 4 members (excludes halogenated alkanes) is 1. The SMILES string of the molecule is C=C1C(=O)N[C@H](C)C(=O)N[C@@H](CC(C)C)C(=O)N[C@@H](C(=O)O)[C@H](C)C(=O)N[C@@H](CCCCN=C(N)N)C(=O)N[C@@H](/C=C/C(C)=C/[C@H](C)[C@H](Cc2ccccc2)OC)[C@H](C)C(=O)N[C@@H](C(=O)O)CCC(=O)N1C. The highest BCUT2D eigenvalue weighted by molar-refractivity contribution is 6.00. The summed E-state index contributed by atoms with van der Waals surface area (Å²) in [6, 6.07) is 1.09. The smallest absolute Gasteiger partial charge is 0.327 e. The molecule has 7 amide bonds. The summed E-state index contributed by atoms with van der Waals surface area (Å²) in [4.78, 5) is 126. The molecular weight excluding hydrogens is 933 g/mol. The Hall–Kier alpha value is -7.10. The predicted octanol–water partition coefficient (Wildman–Crippen LogP) is 1.01. The van der Waals surface area contributed by atoms with E-state index in [1.165, 1.54) is 27.8 Å². The maximum absolute atomic E-state index is 14.4. The standard InChI is InChI=1S/C50H76N10O12/c1-27(2)24-38-47(67)59-41(49(70)71)31(6)43(63)56-36(18-14-15-23-53-50(51)52)46(66)55-35(20-19-28(3)25-29(4)39(72-10)26-34-16-12-11-13-17-34)30(5)42(62)57-37(48(68)69)21-22-40(61)60(9)33(8)45(65)54-32(7)44(64)58-38/h11-13,16-17,19-20,25,27,29-32,35-39,41H,8,14-15,18,21-24,26H2,1-7,9-10H3,(H,54,65)(H,55,66)(H,56,63)(H,57,62)(H,58,64)(H,59,67)(H,68,69)(H,70,71)(H4,51,52,53)/b20-19+,28-25+/t29-,30-,31-,32+,35-,36-,37+,38-,39-,41+/m0/s1. The molecule has 1 aliphatic heterocycles. The Bertz CT molecular complexity index is 2180. The van der Waals surface area contributed by atoms with Gasteiger partial charge in [-0.15, -0.1) is 0 Å². The van der Waals surface area contributed by atoms with Gasteiger partial charge in [-0.05, 0) is 63.9 Å². The molecular formula is C50H76N10O12. The van der Waals surface area contributed by atoms with Crippen molar-refractivity contribution in [2.75, 3.05) is 20.7 Å². The fourth-order valence-electron chi connectivity index (χ4n) is 7.62. The van der Waals surface area contributed by atoms with Crippen molar-refractivity contribution in [1.82, 2.24) is 36.8 Å². The fourth-order valence-corrected chi connectivity index (χ4v) is 7.62. The van der Waals surface area contributed by atoms with Crippen molar-refractivity contribution in [3.63, 3.8) is 0 Å². The molecule has 0 unspecified atom stereocenters. The van der Waals surface area contributed by atoms with Crippen LogP contribution in [0.2, 0.25) is 0 Å². The van der Waals surface area contributed by atoms with Gasteiger partial charge in [-0.25, -0.2) is 9.59 Å². The number of guanidine groups is 1. The summed E-state index contributed by atoms with van der Waals surface area (Å²) < 4.78 is 5.82. The third kappa shape index (κ3) is 20.3. The second-order valence-electron chi connectivity index (χ2n) is 18.6. The summed E-state index contributed by atoms with van der Waals surface area (Å²) in [5.74, 6) is -12.4. The molecule has 0 bridgehead atoms. The number of aliphatic carboxylic acids is 2. The molecule has 0 aliphatic carbocycles. The number of allylic oxidation sites excluding steroid dienone is 2. The normalized spacial score (nSPS) is 25.1. The van der Waals surface area contributed by atoms with E-state index in [2.05, 4.69) is 43.5 Å². The highest BCUT2D eigenvalue weighted by Crippen LogP contribution is 2.19. The lowest BCUT2D eigenvalue weighted by atomic mass is 9.94. The number of hydrogen-bond acceptors (Lipinski definition) is 11. The van der Waals surface area contributed by atoms with E-state index < -0.39 is 120 Å². The van der Waals surface area contributed by atoms with Crippen LogP contribution in [0.15, 0.2) is 71.4 Å². The Kier molecular flexibility index (Phi) is 25.4. The van der Waals surface area contributed by atoms with E-state index in [4.69, 9.17) is 16.2 Å². The van der Waals surface area contributed by atoms with Gasteiger partial charge < -0.3 is 63.2 Å². The van der Waals surface area contributed by atoms with Crippen LogP contribution in [0.25, 0.3) is 0 Å². The van der Waals surface area contributed by atoms with Crippen LogP contribution in [0, 0.1) is 23.7 Å². The van der Waals surface area contributed by atoms with E-state index in [1.54, 1.807) is 40.0 Å². The zero-order chi connectivity index (χ0) is 54.4. The molecule has 1 heterocycles. The number of hydrogen-bond donors (Lipinski definition) is 10. The fraction of sp³-hybridized carbons (Fsp3) is 0.560. The Morgan fingerprint density at radius 3 is 2.03 bits per heavy atom. The van der Waals surface area contributed by atoms with Crippen LogP contribution in [-0.2, 0) is 54.3 Å². The Morgan fingerprint density at radius 1 is 0.833 bits per heavy atom. The number of methoxy groups -OCH3 is 1. The van der Waals surface area contributed by atoms with Crippen molar-refractivity contribution in [1.29, 1.82) is 0 Å². The molecule has 22 nitrogen and oxygen atoms in total. The summed E-state index contributed by atoms with van der Waals surface area (Å²) in [7, 11) is 2.83.